The highest BCUT2D eigenvalue weighted by molar-refractivity contribution is 5.88. The molecule has 1 heterocycles. The highest BCUT2D eigenvalue weighted by Gasteiger charge is 2.37. The van der Waals surface area contributed by atoms with Crippen molar-refractivity contribution in [2.45, 2.75) is 51.7 Å². The van der Waals surface area contributed by atoms with Crippen molar-refractivity contribution in [3.8, 4) is 5.75 Å². The molecule has 0 saturated heterocycles. The molecule has 2 aromatic carbocycles. The summed E-state index contributed by atoms with van der Waals surface area (Å²) in [6.45, 7) is 3.83. The summed E-state index contributed by atoms with van der Waals surface area (Å²) in [5.74, 6) is -0.872. The smallest absolute Gasteiger partial charge is 0.437 e. The highest BCUT2D eigenvalue weighted by atomic mass is 19.4. The first-order valence-corrected chi connectivity index (χ1v) is 10.9. The Morgan fingerprint density at radius 1 is 1.24 bits per heavy atom. The lowest BCUT2D eigenvalue weighted by Gasteiger charge is -2.15. The molecule has 0 aliphatic rings. The van der Waals surface area contributed by atoms with Crippen molar-refractivity contribution in [1.29, 1.82) is 0 Å². The van der Waals surface area contributed by atoms with E-state index in [2.05, 4.69) is 10.5 Å². The molecule has 1 aromatic heterocycles. The number of nitrogens with one attached hydrogen (secondary N) is 1. The van der Waals surface area contributed by atoms with Gasteiger partial charge in [-0.15, -0.1) is 0 Å². The minimum atomic E-state index is -4.61. The van der Waals surface area contributed by atoms with E-state index in [-0.39, 0.29) is 41.5 Å². The van der Waals surface area contributed by atoms with Crippen LogP contribution in [0.15, 0.2) is 40.9 Å². The molecule has 3 rings (SSSR count). The number of carboxylic acids is 1. The number of amides is 1. The van der Waals surface area contributed by atoms with Crippen molar-refractivity contribution in [3.05, 3.63) is 58.8 Å². The van der Waals surface area contributed by atoms with Gasteiger partial charge in [-0.2, -0.15) is 13.2 Å². The molecule has 7 nitrogen and oxygen atoms in total. The fourth-order valence-corrected chi connectivity index (χ4v) is 3.62. The Morgan fingerprint density at radius 3 is 2.68 bits per heavy atom. The van der Waals surface area contributed by atoms with E-state index >= 15 is 0 Å². The van der Waals surface area contributed by atoms with Crippen molar-refractivity contribution in [3.63, 3.8) is 0 Å². The van der Waals surface area contributed by atoms with Gasteiger partial charge in [0.2, 0.25) is 5.91 Å². The molecule has 0 saturated carbocycles. The number of aryl methyl sites for hydroxylation is 1. The number of benzene rings is 2. The molecule has 182 valence electrons. The number of halogens is 3. The van der Waals surface area contributed by atoms with Crippen LogP contribution in [-0.2, 0) is 17.4 Å². The summed E-state index contributed by atoms with van der Waals surface area (Å²) in [5, 5.41) is 15.0. The molecule has 0 bridgehead atoms. The first kappa shape index (κ1) is 25.1. The Bertz CT molecular complexity index is 1170. The van der Waals surface area contributed by atoms with Crippen molar-refractivity contribution < 1.29 is 37.1 Å². The van der Waals surface area contributed by atoms with Crippen molar-refractivity contribution in [1.82, 2.24) is 10.5 Å². The number of aromatic nitrogens is 1. The normalized spacial score (nSPS) is 12.5. The SMILES string of the molecule is CCCc1c(OCCCC(=O)NC(C)c2cccc(C(=O)O)c2)ccc2c(C(F)(F)F)noc12. The van der Waals surface area contributed by atoms with E-state index in [0.29, 0.717) is 36.1 Å². The van der Waals surface area contributed by atoms with Crippen LogP contribution in [0.1, 0.15) is 66.3 Å². The number of ether oxygens (including phenoxy) is 1. The van der Waals surface area contributed by atoms with Gasteiger partial charge in [0.05, 0.1) is 23.6 Å². The van der Waals surface area contributed by atoms with Crippen LogP contribution in [-0.4, -0.2) is 28.7 Å². The molecule has 1 unspecified atom stereocenters. The van der Waals surface area contributed by atoms with Crippen LogP contribution in [0.4, 0.5) is 13.2 Å². The van der Waals surface area contributed by atoms with E-state index in [1.807, 2.05) is 6.92 Å². The van der Waals surface area contributed by atoms with E-state index in [1.165, 1.54) is 24.3 Å². The van der Waals surface area contributed by atoms with Gasteiger partial charge in [0.25, 0.3) is 0 Å². The third-order valence-electron chi connectivity index (χ3n) is 5.29. The summed E-state index contributed by atoms with van der Waals surface area (Å²) >= 11 is 0. The van der Waals surface area contributed by atoms with Crippen LogP contribution in [0.2, 0.25) is 0 Å². The number of fused-ring (bicyclic) bond motifs is 1. The third kappa shape index (κ3) is 5.86. The zero-order valence-electron chi connectivity index (χ0n) is 18.7. The quantitative estimate of drug-likeness (QED) is 0.372. The second kappa shape index (κ2) is 10.6. The maximum absolute atomic E-state index is 13.1. The van der Waals surface area contributed by atoms with Crippen LogP contribution < -0.4 is 10.1 Å². The molecule has 0 spiro atoms. The summed E-state index contributed by atoms with van der Waals surface area (Å²) in [5.41, 5.74) is 0.320. The van der Waals surface area contributed by atoms with Crippen LogP contribution in [0.5, 0.6) is 5.75 Å². The number of hydrogen-bond donors (Lipinski definition) is 2. The molecule has 3 aromatic rings. The van der Waals surface area contributed by atoms with Gasteiger partial charge in [0.1, 0.15) is 5.75 Å². The van der Waals surface area contributed by atoms with E-state index in [0.717, 1.165) is 0 Å². The van der Waals surface area contributed by atoms with Gasteiger partial charge in [-0.3, -0.25) is 4.79 Å². The Hall–Kier alpha value is -3.56. The zero-order chi connectivity index (χ0) is 24.9. The molecule has 1 amide bonds. The lowest BCUT2D eigenvalue weighted by Crippen LogP contribution is -2.26. The maximum atomic E-state index is 13.1. The van der Waals surface area contributed by atoms with Gasteiger partial charge in [-0.1, -0.05) is 30.6 Å². The van der Waals surface area contributed by atoms with E-state index < -0.39 is 17.8 Å². The number of aromatic carboxylic acids is 1. The Kier molecular flexibility index (Phi) is 7.80. The molecule has 10 heteroatoms. The summed E-state index contributed by atoms with van der Waals surface area (Å²) in [6.07, 6.45) is -2.96. The van der Waals surface area contributed by atoms with Gasteiger partial charge >= 0.3 is 12.1 Å². The predicted molar refractivity (Wildman–Crippen MR) is 118 cm³/mol. The standard InChI is InChI=1S/C24H25F3N2O5/c1-3-6-17-19(11-10-18-21(17)34-29-22(18)24(25,26)27)33-12-5-9-20(30)28-14(2)15-7-4-8-16(13-15)23(31)32/h4,7-8,10-11,13-14H,3,5-6,9,12H2,1-2H3,(H,28,30)(H,31,32). The summed E-state index contributed by atoms with van der Waals surface area (Å²) in [7, 11) is 0. The number of carboxylic acid groups (broad SMARTS) is 1. The van der Waals surface area contributed by atoms with Gasteiger partial charge in [0, 0.05) is 12.0 Å². The average molecular weight is 478 g/mol. The van der Waals surface area contributed by atoms with Crippen LogP contribution in [0, 0.1) is 0 Å². The number of rotatable bonds is 10. The van der Waals surface area contributed by atoms with E-state index in [4.69, 9.17) is 14.4 Å². The van der Waals surface area contributed by atoms with Gasteiger partial charge in [-0.05, 0) is 49.6 Å². The monoisotopic (exact) mass is 478 g/mol. The third-order valence-corrected chi connectivity index (χ3v) is 5.29. The number of hydrogen-bond acceptors (Lipinski definition) is 5. The van der Waals surface area contributed by atoms with Crippen LogP contribution >= 0.6 is 0 Å². The molecular weight excluding hydrogens is 453 g/mol. The number of carbonyl (C=O) groups is 2. The first-order chi connectivity index (χ1) is 16.1. The topological polar surface area (TPSA) is 102 Å². The van der Waals surface area contributed by atoms with Crippen LogP contribution in [0.3, 0.4) is 0 Å². The van der Waals surface area contributed by atoms with Crippen molar-refractivity contribution >= 4 is 22.8 Å². The molecule has 1 atom stereocenters. The van der Waals surface area contributed by atoms with E-state index in [9.17, 15) is 22.8 Å². The first-order valence-electron chi connectivity index (χ1n) is 10.9. The Morgan fingerprint density at radius 2 is 2.00 bits per heavy atom. The highest BCUT2D eigenvalue weighted by Crippen LogP contribution is 2.38. The minimum absolute atomic E-state index is 0.0573. The Balaban J connectivity index is 1.58. The van der Waals surface area contributed by atoms with Gasteiger partial charge < -0.3 is 19.7 Å². The lowest BCUT2D eigenvalue weighted by molar-refractivity contribution is -0.141. The van der Waals surface area contributed by atoms with Crippen molar-refractivity contribution in [2.75, 3.05) is 6.61 Å². The van der Waals surface area contributed by atoms with Crippen LogP contribution in [0.25, 0.3) is 11.0 Å². The summed E-state index contributed by atoms with van der Waals surface area (Å²) in [6, 6.07) is 8.71. The zero-order valence-corrected chi connectivity index (χ0v) is 18.7. The molecule has 0 aliphatic carbocycles. The second-order valence-corrected chi connectivity index (χ2v) is 7.87. The minimum Gasteiger partial charge on any atom is -0.493 e. The second-order valence-electron chi connectivity index (χ2n) is 7.87. The summed E-state index contributed by atoms with van der Waals surface area (Å²) in [4.78, 5) is 23.4. The molecule has 0 radical (unpaired) electrons. The maximum Gasteiger partial charge on any atom is 0.437 e. The molecule has 0 aliphatic heterocycles. The predicted octanol–water partition coefficient (Wildman–Crippen LogP) is 5.53. The Labute approximate surface area is 193 Å². The molecular formula is C24H25F3N2O5. The van der Waals surface area contributed by atoms with E-state index in [1.54, 1.807) is 19.1 Å². The number of carbonyl (C=O) groups excluding carboxylic acids is 1. The fraction of sp³-hybridized carbons (Fsp3) is 0.375. The largest absolute Gasteiger partial charge is 0.493 e. The molecule has 34 heavy (non-hydrogen) atoms. The van der Waals surface area contributed by atoms with Gasteiger partial charge in [0.15, 0.2) is 11.3 Å². The molecule has 2 N–H and O–H groups in total. The average Bonchev–Trinajstić information content (AvgIpc) is 3.23. The van der Waals surface area contributed by atoms with Crippen molar-refractivity contribution in [2.24, 2.45) is 0 Å². The number of nitrogens with zero attached hydrogens (tertiary/aromatic N) is 1. The fourth-order valence-electron chi connectivity index (χ4n) is 3.62. The van der Waals surface area contributed by atoms with Gasteiger partial charge in [-0.25, -0.2) is 4.79 Å². The molecule has 0 fully saturated rings. The summed E-state index contributed by atoms with van der Waals surface area (Å²) < 4.78 is 50.2. The number of alkyl halides is 3. The lowest BCUT2D eigenvalue weighted by atomic mass is 10.0.